The first-order valence-corrected chi connectivity index (χ1v) is 8.26. The van der Waals surface area contributed by atoms with Crippen molar-refractivity contribution >= 4 is 11.8 Å². The predicted octanol–water partition coefficient (Wildman–Crippen LogP) is 0.329. The van der Waals surface area contributed by atoms with E-state index in [9.17, 15) is 14.0 Å². The number of rotatable bonds is 2. The van der Waals surface area contributed by atoms with Crippen molar-refractivity contribution in [3.05, 3.63) is 35.6 Å². The highest BCUT2D eigenvalue weighted by atomic mass is 19.1. The van der Waals surface area contributed by atoms with Gasteiger partial charge in [-0.1, -0.05) is 12.1 Å². The summed E-state index contributed by atoms with van der Waals surface area (Å²) < 4.78 is 18.4. The molecule has 1 aromatic carbocycles. The number of hydrogen-bond donors (Lipinski definition) is 0. The fraction of sp³-hybridized carbons (Fsp3) is 0.529. The molecule has 3 rings (SSSR count). The number of morpholine rings is 1. The number of carbonyl (C=O) groups excluding carboxylic acids is 2. The SMILES string of the molecule is O=C(C(=O)N1CCN(Cc2cccc(F)c2)CC1)N1CCOCC1. The van der Waals surface area contributed by atoms with Crippen LogP contribution in [0, 0.1) is 5.82 Å². The minimum Gasteiger partial charge on any atom is -0.378 e. The van der Waals surface area contributed by atoms with Gasteiger partial charge in [-0.05, 0) is 17.7 Å². The second-order valence-corrected chi connectivity index (χ2v) is 6.10. The molecule has 6 nitrogen and oxygen atoms in total. The second-order valence-electron chi connectivity index (χ2n) is 6.10. The minimum atomic E-state index is -0.433. The van der Waals surface area contributed by atoms with E-state index in [2.05, 4.69) is 4.90 Å². The first-order valence-electron chi connectivity index (χ1n) is 8.26. The Bertz CT molecular complexity index is 596. The fourth-order valence-corrected chi connectivity index (χ4v) is 3.04. The summed E-state index contributed by atoms with van der Waals surface area (Å²) in [4.78, 5) is 29.9. The molecule has 2 aliphatic heterocycles. The Morgan fingerprint density at radius 2 is 1.58 bits per heavy atom. The quantitative estimate of drug-likeness (QED) is 0.731. The van der Waals surface area contributed by atoms with Crippen molar-refractivity contribution in [1.29, 1.82) is 0 Å². The second kappa shape index (κ2) is 7.72. The van der Waals surface area contributed by atoms with Crippen molar-refractivity contribution in [2.75, 3.05) is 52.5 Å². The molecule has 2 aliphatic rings. The molecule has 2 heterocycles. The van der Waals surface area contributed by atoms with Crippen LogP contribution in [0.2, 0.25) is 0 Å². The van der Waals surface area contributed by atoms with E-state index >= 15 is 0 Å². The van der Waals surface area contributed by atoms with E-state index in [1.165, 1.54) is 12.1 Å². The average molecular weight is 335 g/mol. The normalized spacial score (nSPS) is 19.4. The number of ether oxygens (including phenoxy) is 1. The number of benzene rings is 1. The average Bonchev–Trinajstić information content (AvgIpc) is 2.62. The van der Waals surface area contributed by atoms with Crippen LogP contribution in [0.25, 0.3) is 0 Å². The van der Waals surface area contributed by atoms with Gasteiger partial charge in [-0.2, -0.15) is 0 Å². The highest BCUT2D eigenvalue weighted by Crippen LogP contribution is 2.11. The Hall–Kier alpha value is -1.99. The third-order valence-electron chi connectivity index (χ3n) is 4.44. The van der Waals surface area contributed by atoms with Gasteiger partial charge in [-0.25, -0.2) is 4.39 Å². The molecule has 0 saturated carbocycles. The molecule has 130 valence electrons. The van der Waals surface area contributed by atoms with Crippen molar-refractivity contribution in [3.63, 3.8) is 0 Å². The smallest absolute Gasteiger partial charge is 0.312 e. The summed E-state index contributed by atoms with van der Waals surface area (Å²) in [6.45, 7) is 4.97. The fourth-order valence-electron chi connectivity index (χ4n) is 3.04. The van der Waals surface area contributed by atoms with Crippen LogP contribution in [0.15, 0.2) is 24.3 Å². The van der Waals surface area contributed by atoms with Crippen LogP contribution in [0.5, 0.6) is 0 Å². The highest BCUT2D eigenvalue weighted by Gasteiger charge is 2.30. The van der Waals surface area contributed by atoms with Crippen LogP contribution < -0.4 is 0 Å². The molecule has 0 bridgehead atoms. The zero-order valence-corrected chi connectivity index (χ0v) is 13.6. The zero-order chi connectivity index (χ0) is 16.9. The Morgan fingerprint density at radius 1 is 0.958 bits per heavy atom. The molecular weight excluding hydrogens is 313 g/mol. The lowest BCUT2D eigenvalue weighted by Gasteiger charge is -2.35. The van der Waals surface area contributed by atoms with Gasteiger partial charge < -0.3 is 14.5 Å². The van der Waals surface area contributed by atoms with Crippen LogP contribution in [-0.2, 0) is 20.9 Å². The first-order chi connectivity index (χ1) is 11.6. The van der Waals surface area contributed by atoms with Gasteiger partial charge in [-0.3, -0.25) is 14.5 Å². The molecule has 2 fully saturated rings. The van der Waals surface area contributed by atoms with Crippen LogP contribution in [0.4, 0.5) is 4.39 Å². The largest absolute Gasteiger partial charge is 0.378 e. The molecule has 0 aliphatic carbocycles. The molecule has 24 heavy (non-hydrogen) atoms. The van der Waals surface area contributed by atoms with Crippen molar-refractivity contribution in [1.82, 2.24) is 14.7 Å². The molecule has 0 atom stereocenters. The monoisotopic (exact) mass is 335 g/mol. The Kier molecular flexibility index (Phi) is 5.42. The number of carbonyl (C=O) groups is 2. The first kappa shape index (κ1) is 16.9. The highest BCUT2D eigenvalue weighted by molar-refractivity contribution is 6.34. The van der Waals surface area contributed by atoms with Gasteiger partial charge in [0.15, 0.2) is 0 Å². The lowest BCUT2D eigenvalue weighted by Crippen LogP contribution is -2.54. The summed E-state index contributed by atoms with van der Waals surface area (Å²) in [7, 11) is 0. The van der Waals surface area contributed by atoms with E-state index in [-0.39, 0.29) is 5.82 Å². The number of hydrogen-bond acceptors (Lipinski definition) is 4. The van der Waals surface area contributed by atoms with Gasteiger partial charge in [0.05, 0.1) is 13.2 Å². The maximum absolute atomic E-state index is 13.2. The predicted molar refractivity (Wildman–Crippen MR) is 85.7 cm³/mol. The molecular formula is C17H22FN3O3. The van der Waals surface area contributed by atoms with Gasteiger partial charge in [0.25, 0.3) is 0 Å². The van der Waals surface area contributed by atoms with E-state index in [0.29, 0.717) is 59.0 Å². The van der Waals surface area contributed by atoms with Gasteiger partial charge in [0.1, 0.15) is 5.82 Å². The topological polar surface area (TPSA) is 53.1 Å². The molecule has 0 N–H and O–H groups in total. The lowest BCUT2D eigenvalue weighted by atomic mass is 10.2. The summed E-state index contributed by atoms with van der Waals surface area (Å²) in [5.74, 6) is -1.10. The maximum Gasteiger partial charge on any atom is 0.312 e. The third kappa shape index (κ3) is 4.10. The Morgan fingerprint density at radius 3 is 2.21 bits per heavy atom. The number of piperazine rings is 1. The minimum absolute atomic E-state index is 0.238. The summed E-state index contributed by atoms with van der Waals surface area (Å²) in [6, 6.07) is 6.55. The molecule has 0 spiro atoms. The van der Waals surface area contributed by atoms with Crippen molar-refractivity contribution in [2.45, 2.75) is 6.54 Å². The third-order valence-corrected chi connectivity index (χ3v) is 4.44. The summed E-state index contributed by atoms with van der Waals surface area (Å²) in [5.41, 5.74) is 0.916. The molecule has 7 heteroatoms. The Labute approximate surface area is 140 Å². The summed E-state index contributed by atoms with van der Waals surface area (Å²) >= 11 is 0. The molecule has 2 amide bonds. The number of nitrogens with zero attached hydrogens (tertiary/aromatic N) is 3. The summed E-state index contributed by atoms with van der Waals surface area (Å²) in [5, 5.41) is 0. The Balaban J connectivity index is 1.49. The van der Waals surface area contributed by atoms with E-state index in [0.717, 1.165) is 5.56 Å². The molecule has 0 radical (unpaired) electrons. The van der Waals surface area contributed by atoms with Gasteiger partial charge in [-0.15, -0.1) is 0 Å². The zero-order valence-electron chi connectivity index (χ0n) is 13.6. The van der Waals surface area contributed by atoms with E-state index in [1.54, 1.807) is 15.9 Å². The molecule has 2 saturated heterocycles. The van der Waals surface area contributed by atoms with Crippen LogP contribution in [0.1, 0.15) is 5.56 Å². The lowest BCUT2D eigenvalue weighted by molar-refractivity contribution is -0.155. The van der Waals surface area contributed by atoms with Crippen LogP contribution in [0.3, 0.4) is 0 Å². The number of amides is 2. The van der Waals surface area contributed by atoms with Gasteiger partial charge >= 0.3 is 11.8 Å². The van der Waals surface area contributed by atoms with Crippen molar-refractivity contribution in [3.8, 4) is 0 Å². The van der Waals surface area contributed by atoms with Crippen LogP contribution in [-0.4, -0.2) is 79.0 Å². The van der Waals surface area contributed by atoms with Crippen LogP contribution >= 0.6 is 0 Å². The van der Waals surface area contributed by atoms with Gasteiger partial charge in [0, 0.05) is 45.8 Å². The van der Waals surface area contributed by atoms with E-state index in [1.807, 2.05) is 6.07 Å². The molecule has 1 aromatic rings. The van der Waals surface area contributed by atoms with E-state index < -0.39 is 11.8 Å². The van der Waals surface area contributed by atoms with Gasteiger partial charge in [0.2, 0.25) is 0 Å². The van der Waals surface area contributed by atoms with Crippen molar-refractivity contribution < 1.29 is 18.7 Å². The molecule has 0 unspecified atom stereocenters. The van der Waals surface area contributed by atoms with E-state index in [4.69, 9.17) is 4.74 Å². The van der Waals surface area contributed by atoms with Crippen molar-refractivity contribution in [2.24, 2.45) is 0 Å². The number of halogens is 1. The standard InChI is InChI=1S/C17H22FN3O3/c18-15-3-1-2-14(12-15)13-19-4-6-20(7-5-19)16(22)17(23)21-8-10-24-11-9-21/h1-3,12H,4-11,13H2. The summed E-state index contributed by atoms with van der Waals surface area (Å²) in [6.07, 6.45) is 0. The maximum atomic E-state index is 13.2. The molecule has 0 aromatic heterocycles.